The molecular weight excluding hydrogens is 238 g/mol. The molecule has 2 rings (SSSR count). The van der Waals surface area contributed by atoms with Crippen molar-refractivity contribution in [3.63, 3.8) is 0 Å². The Hall–Kier alpha value is -2.04. The van der Waals surface area contributed by atoms with Gasteiger partial charge in [-0.25, -0.2) is 4.98 Å². The van der Waals surface area contributed by atoms with Crippen LogP contribution in [-0.2, 0) is 6.54 Å². The van der Waals surface area contributed by atoms with Crippen LogP contribution in [0.25, 0.3) is 0 Å². The summed E-state index contributed by atoms with van der Waals surface area (Å²) in [4.78, 5) is 4.28. The SMILES string of the molecule is CCCNc1cc(NCCCn2cccn2)ccn1. The van der Waals surface area contributed by atoms with Crippen LogP contribution in [0.5, 0.6) is 0 Å². The van der Waals surface area contributed by atoms with E-state index < -0.39 is 0 Å². The minimum absolute atomic E-state index is 0.928. The highest BCUT2D eigenvalue weighted by atomic mass is 15.3. The maximum Gasteiger partial charge on any atom is 0.127 e. The van der Waals surface area contributed by atoms with E-state index in [1.54, 1.807) is 0 Å². The highest BCUT2D eigenvalue weighted by Gasteiger charge is 1.96. The molecule has 0 aliphatic heterocycles. The zero-order valence-corrected chi connectivity index (χ0v) is 11.3. The van der Waals surface area contributed by atoms with Gasteiger partial charge in [-0.05, 0) is 25.0 Å². The smallest absolute Gasteiger partial charge is 0.127 e. The molecule has 0 radical (unpaired) electrons. The van der Waals surface area contributed by atoms with E-state index in [9.17, 15) is 0 Å². The molecular formula is C14H21N5. The van der Waals surface area contributed by atoms with Crippen LogP contribution in [-0.4, -0.2) is 27.9 Å². The second-order valence-corrected chi connectivity index (χ2v) is 4.41. The van der Waals surface area contributed by atoms with Gasteiger partial charge in [0, 0.05) is 50.0 Å². The van der Waals surface area contributed by atoms with E-state index in [2.05, 4.69) is 27.6 Å². The molecule has 19 heavy (non-hydrogen) atoms. The number of aromatic nitrogens is 3. The third-order valence-electron chi connectivity index (χ3n) is 2.77. The average molecular weight is 259 g/mol. The maximum atomic E-state index is 4.28. The molecule has 2 aromatic rings. The second kappa shape index (κ2) is 7.41. The van der Waals surface area contributed by atoms with Gasteiger partial charge < -0.3 is 10.6 Å². The van der Waals surface area contributed by atoms with Gasteiger partial charge in [0.1, 0.15) is 5.82 Å². The van der Waals surface area contributed by atoms with Crippen molar-refractivity contribution in [3.8, 4) is 0 Å². The fourth-order valence-electron chi connectivity index (χ4n) is 1.80. The lowest BCUT2D eigenvalue weighted by Crippen LogP contribution is -2.08. The Balaban J connectivity index is 1.73. The number of rotatable bonds is 8. The Morgan fingerprint density at radius 3 is 2.95 bits per heavy atom. The summed E-state index contributed by atoms with van der Waals surface area (Å²) >= 11 is 0. The van der Waals surface area contributed by atoms with Crippen molar-refractivity contribution in [2.24, 2.45) is 0 Å². The van der Waals surface area contributed by atoms with E-state index in [-0.39, 0.29) is 0 Å². The van der Waals surface area contributed by atoms with Gasteiger partial charge in [0.2, 0.25) is 0 Å². The monoisotopic (exact) mass is 259 g/mol. The number of hydrogen-bond donors (Lipinski definition) is 2. The van der Waals surface area contributed by atoms with Gasteiger partial charge >= 0.3 is 0 Å². The summed E-state index contributed by atoms with van der Waals surface area (Å²) in [5.74, 6) is 0.930. The summed E-state index contributed by atoms with van der Waals surface area (Å²) in [5.41, 5.74) is 1.11. The van der Waals surface area contributed by atoms with Crippen LogP contribution in [0, 0.1) is 0 Å². The fourth-order valence-corrected chi connectivity index (χ4v) is 1.80. The lowest BCUT2D eigenvalue weighted by Gasteiger charge is -2.09. The molecule has 0 unspecified atom stereocenters. The standard InChI is InChI=1S/C14H21N5/c1-2-6-16-14-12-13(5-9-17-14)15-7-3-10-19-11-4-8-18-19/h4-5,8-9,11-12H,2-3,6-7,10H2,1H3,(H2,15,16,17). The van der Waals surface area contributed by atoms with Crippen LogP contribution >= 0.6 is 0 Å². The van der Waals surface area contributed by atoms with E-state index in [0.717, 1.165) is 44.0 Å². The van der Waals surface area contributed by atoms with Gasteiger partial charge in [-0.15, -0.1) is 0 Å². The van der Waals surface area contributed by atoms with Crippen LogP contribution in [0.2, 0.25) is 0 Å². The van der Waals surface area contributed by atoms with Crippen LogP contribution in [0.3, 0.4) is 0 Å². The Morgan fingerprint density at radius 1 is 1.21 bits per heavy atom. The van der Waals surface area contributed by atoms with Gasteiger partial charge in [-0.1, -0.05) is 6.92 Å². The van der Waals surface area contributed by atoms with E-state index >= 15 is 0 Å². The first-order valence-electron chi connectivity index (χ1n) is 6.79. The molecule has 0 fully saturated rings. The number of aryl methyl sites for hydroxylation is 1. The molecule has 2 N–H and O–H groups in total. The molecule has 102 valence electrons. The van der Waals surface area contributed by atoms with Crippen molar-refractivity contribution in [2.45, 2.75) is 26.3 Å². The van der Waals surface area contributed by atoms with Gasteiger partial charge in [0.15, 0.2) is 0 Å². The van der Waals surface area contributed by atoms with Crippen LogP contribution in [0.4, 0.5) is 11.5 Å². The third kappa shape index (κ3) is 4.62. The predicted octanol–water partition coefficient (Wildman–Crippen LogP) is 2.60. The molecule has 0 saturated carbocycles. The lowest BCUT2D eigenvalue weighted by atomic mass is 10.3. The summed E-state index contributed by atoms with van der Waals surface area (Å²) in [6, 6.07) is 5.98. The molecule has 0 atom stereocenters. The number of pyridine rings is 1. The van der Waals surface area contributed by atoms with Gasteiger partial charge in [-0.2, -0.15) is 5.10 Å². The van der Waals surface area contributed by atoms with Crippen LogP contribution in [0.15, 0.2) is 36.8 Å². The van der Waals surface area contributed by atoms with Gasteiger partial charge in [0.05, 0.1) is 0 Å². The van der Waals surface area contributed by atoms with Crippen molar-refractivity contribution in [1.29, 1.82) is 0 Å². The van der Waals surface area contributed by atoms with E-state index in [1.165, 1.54) is 0 Å². The molecule has 0 spiro atoms. The first-order chi connectivity index (χ1) is 9.38. The zero-order valence-electron chi connectivity index (χ0n) is 11.3. The van der Waals surface area contributed by atoms with E-state index in [0.29, 0.717) is 0 Å². The highest BCUT2D eigenvalue weighted by molar-refractivity contribution is 5.51. The van der Waals surface area contributed by atoms with Crippen LogP contribution in [0.1, 0.15) is 19.8 Å². The molecule has 0 saturated heterocycles. The van der Waals surface area contributed by atoms with E-state index in [1.807, 2.05) is 41.5 Å². The predicted molar refractivity (Wildman–Crippen MR) is 78.4 cm³/mol. The highest BCUT2D eigenvalue weighted by Crippen LogP contribution is 2.11. The largest absolute Gasteiger partial charge is 0.385 e. The Morgan fingerprint density at radius 2 is 2.16 bits per heavy atom. The van der Waals surface area contributed by atoms with Crippen molar-refractivity contribution in [1.82, 2.24) is 14.8 Å². The number of nitrogens with zero attached hydrogens (tertiary/aromatic N) is 3. The second-order valence-electron chi connectivity index (χ2n) is 4.41. The maximum absolute atomic E-state index is 4.28. The fraction of sp³-hybridized carbons (Fsp3) is 0.429. The van der Waals surface area contributed by atoms with Crippen molar-refractivity contribution in [2.75, 3.05) is 23.7 Å². The molecule has 0 amide bonds. The molecule has 0 aromatic carbocycles. The summed E-state index contributed by atoms with van der Waals surface area (Å²) in [7, 11) is 0. The summed E-state index contributed by atoms with van der Waals surface area (Å²) < 4.78 is 1.95. The Labute approximate surface area is 114 Å². The number of hydrogen-bond acceptors (Lipinski definition) is 4. The summed E-state index contributed by atoms with van der Waals surface area (Å²) in [6.07, 6.45) is 7.76. The van der Waals surface area contributed by atoms with Crippen molar-refractivity contribution < 1.29 is 0 Å². The van der Waals surface area contributed by atoms with Crippen LogP contribution < -0.4 is 10.6 Å². The number of anilines is 2. The lowest BCUT2D eigenvalue weighted by molar-refractivity contribution is 0.592. The summed E-state index contributed by atoms with van der Waals surface area (Å²) in [6.45, 7) is 4.96. The Kier molecular flexibility index (Phi) is 5.22. The third-order valence-corrected chi connectivity index (χ3v) is 2.77. The van der Waals surface area contributed by atoms with Crippen molar-refractivity contribution >= 4 is 11.5 Å². The van der Waals surface area contributed by atoms with Gasteiger partial charge in [-0.3, -0.25) is 4.68 Å². The minimum atomic E-state index is 0.928. The first kappa shape index (κ1) is 13.4. The Bertz CT molecular complexity index is 466. The average Bonchev–Trinajstić information content (AvgIpc) is 2.95. The first-order valence-corrected chi connectivity index (χ1v) is 6.79. The normalized spacial score (nSPS) is 10.4. The molecule has 2 aromatic heterocycles. The van der Waals surface area contributed by atoms with Gasteiger partial charge in [0.25, 0.3) is 0 Å². The number of nitrogens with one attached hydrogen (secondary N) is 2. The topological polar surface area (TPSA) is 54.8 Å². The molecule has 0 aliphatic rings. The quantitative estimate of drug-likeness (QED) is 0.715. The molecule has 5 nitrogen and oxygen atoms in total. The minimum Gasteiger partial charge on any atom is -0.385 e. The van der Waals surface area contributed by atoms with E-state index in [4.69, 9.17) is 0 Å². The molecule has 5 heteroatoms. The summed E-state index contributed by atoms with van der Waals surface area (Å²) in [5, 5.41) is 10.9. The molecule has 2 heterocycles. The molecule has 0 bridgehead atoms. The zero-order chi connectivity index (χ0) is 13.3. The molecule has 0 aliphatic carbocycles. The van der Waals surface area contributed by atoms with Crippen molar-refractivity contribution in [3.05, 3.63) is 36.8 Å².